The van der Waals surface area contributed by atoms with E-state index in [1.165, 1.54) is 0 Å². The molecule has 184 valence electrons. The molecular formula is C27H22I2N2O4S. The first-order chi connectivity index (χ1) is 17.2. The molecule has 1 N–H and O–H groups in total. The summed E-state index contributed by atoms with van der Waals surface area (Å²) in [7, 11) is 0. The Kier molecular flexibility index (Phi) is 8.73. The molecule has 9 heteroatoms. The molecule has 0 saturated carbocycles. The third-order valence-corrected chi connectivity index (χ3v) is 7.71. The van der Waals surface area contributed by atoms with E-state index >= 15 is 0 Å². The van der Waals surface area contributed by atoms with Crippen LogP contribution in [-0.4, -0.2) is 28.5 Å². The van der Waals surface area contributed by atoms with Crippen LogP contribution in [0.2, 0.25) is 0 Å². The van der Waals surface area contributed by atoms with Gasteiger partial charge in [-0.15, -0.1) is 0 Å². The van der Waals surface area contributed by atoms with Gasteiger partial charge < -0.3 is 10.1 Å². The molecule has 6 nitrogen and oxygen atoms in total. The highest BCUT2D eigenvalue weighted by Crippen LogP contribution is 2.36. The summed E-state index contributed by atoms with van der Waals surface area (Å²) < 4.78 is 7.99. The van der Waals surface area contributed by atoms with Gasteiger partial charge in [0.2, 0.25) is 5.91 Å². The van der Waals surface area contributed by atoms with Gasteiger partial charge in [0.05, 0.1) is 8.48 Å². The number of halogens is 2. The Labute approximate surface area is 241 Å². The normalized spacial score (nSPS) is 14.4. The van der Waals surface area contributed by atoms with Crippen LogP contribution in [0.4, 0.5) is 10.5 Å². The number of hydrogen-bond acceptors (Lipinski definition) is 5. The number of aryl methyl sites for hydroxylation is 2. The monoisotopic (exact) mass is 724 g/mol. The summed E-state index contributed by atoms with van der Waals surface area (Å²) >= 11 is 5.23. The minimum absolute atomic E-state index is 0.252. The van der Waals surface area contributed by atoms with Crippen molar-refractivity contribution in [1.29, 1.82) is 0 Å². The highest BCUT2D eigenvalue weighted by atomic mass is 127. The maximum absolute atomic E-state index is 13.1. The molecule has 0 unspecified atom stereocenters. The van der Waals surface area contributed by atoms with Crippen molar-refractivity contribution in [3.8, 4) is 5.75 Å². The van der Waals surface area contributed by atoms with Crippen LogP contribution in [0.3, 0.4) is 0 Å². The summed E-state index contributed by atoms with van der Waals surface area (Å²) in [6.45, 7) is 3.89. The number of nitrogens with zero attached hydrogens (tertiary/aromatic N) is 1. The number of carbonyl (C=O) groups is 3. The molecule has 3 aromatic carbocycles. The smallest absolute Gasteiger partial charge is 0.294 e. The van der Waals surface area contributed by atoms with Crippen LogP contribution in [0.1, 0.15) is 22.3 Å². The number of imide groups is 1. The van der Waals surface area contributed by atoms with Crippen molar-refractivity contribution in [2.45, 2.75) is 20.5 Å². The van der Waals surface area contributed by atoms with E-state index in [0.29, 0.717) is 23.6 Å². The Hall–Kier alpha value is -2.38. The first kappa shape index (κ1) is 26.7. The first-order valence-electron chi connectivity index (χ1n) is 11.0. The van der Waals surface area contributed by atoms with Crippen molar-refractivity contribution in [3.63, 3.8) is 0 Å². The van der Waals surface area contributed by atoms with E-state index in [0.717, 1.165) is 40.5 Å². The summed E-state index contributed by atoms with van der Waals surface area (Å²) in [6, 6.07) is 19.4. The third-order valence-electron chi connectivity index (χ3n) is 5.38. The lowest BCUT2D eigenvalue weighted by Gasteiger charge is -2.14. The van der Waals surface area contributed by atoms with Crippen LogP contribution >= 0.6 is 56.9 Å². The fourth-order valence-corrected chi connectivity index (χ4v) is 6.51. The van der Waals surface area contributed by atoms with E-state index in [1.807, 2.05) is 74.5 Å². The average molecular weight is 724 g/mol. The molecule has 1 aliphatic heterocycles. The van der Waals surface area contributed by atoms with Crippen LogP contribution in [0, 0.1) is 21.0 Å². The number of amides is 3. The van der Waals surface area contributed by atoms with Gasteiger partial charge in [0, 0.05) is 14.8 Å². The summed E-state index contributed by atoms with van der Waals surface area (Å²) in [5.74, 6) is -0.288. The molecule has 0 radical (unpaired) electrons. The zero-order valence-corrected chi connectivity index (χ0v) is 24.6. The van der Waals surface area contributed by atoms with Crippen molar-refractivity contribution in [2.24, 2.45) is 0 Å². The molecule has 36 heavy (non-hydrogen) atoms. The SMILES string of the molecule is Cc1ccc(NC(=O)CN2C(=O)S/C(=C/c3cc(I)cc(I)c3OCc3ccccc3)C2=O)c(C)c1. The molecule has 0 aromatic heterocycles. The average Bonchev–Trinajstić information content (AvgIpc) is 3.08. The van der Waals surface area contributed by atoms with Crippen molar-refractivity contribution in [3.05, 3.63) is 95.0 Å². The predicted octanol–water partition coefficient (Wildman–Crippen LogP) is 6.77. The Balaban J connectivity index is 1.52. The molecule has 4 rings (SSSR count). The number of rotatable bonds is 7. The maximum Gasteiger partial charge on any atom is 0.294 e. The summed E-state index contributed by atoms with van der Waals surface area (Å²) in [6.07, 6.45) is 1.66. The van der Waals surface area contributed by atoms with E-state index in [1.54, 1.807) is 6.08 Å². The molecule has 1 saturated heterocycles. The largest absolute Gasteiger partial charge is 0.487 e. The highest BCUT2D eigenvalue weighted by Gasteiger charge is 2.36. The lowest BCUT2D eigenvalue weighted by Crippen LogP contribution is -2.36. The van der Waals surface area contributed by atoms with E-state index in [2.05, 4.69) is 50.5 Å². The molecule has 1 aliphatic rings. The zero-order valence-electron chi connectivity index (χ0n) is 19.5. The lowest BCUT2D eigenvalue weighted by molar-refractivity contribution is -0.127. The Morgan fingerprint density at radius 2 is 1.81 bits per heavy atom. The Bertz CT molecular complexity index is 1380. The lowest BCUT2D eigenvalue weighted by atomic mass is 10.1. The minimum atomic E-state index is -0.497. The van der Waals surface area contributed by atoms with E-state index in [9.17, 15) is 14.4 Å². The molecule has 0 bridgehead atoms. The van der Waals surface area contributed by atoms with Gasteiger partial charge in [-0.25, -0.2) is 0 Å². The van der Waals surface area contributed by atoms with E-state index in [-0.39, 0.29) is 11.4 Å². The number of nitrogens with one attached hydrogen (secondary N) is 1. The zero-order chi connectivity index (χ0) is 25.8. The van der Waals surface area contributed by atoms with Gasteiger partial charge in [-0.05, 0) is 106 Å². The van der Waals surface area contributed by atoms with Gasteiger partial charge in [-0.2, -0.15) is 0 Å². The fraction of sp³-hybridized carbons (Fsp3) is 0.148. The van der Waals surface area contributed by atoms with Gasteiger partial charge >= 0.3 is 0 Å². The van der Waals surface area contributed by atoms with Gasteiger partial charge in [0.25, 0.3) is 11.1 Å². The second kappa shape index (κ2) is 11.8. The van der Waals surface area contributed by atoms with E-state index in [4.69, 9.17) is 4.74 Å². The predicted molar refractivity (Wildman–Crippen MR) is 160 cm³/mol. The summed E-state index contributed by atoms with van der Waals surface area (Å²) in [4.78, 5) is 39.5. The summed E-state index contributed by atoms with van der Waals surface area (Å²) in [5, 5.41) is 2.31. The number of benzene rings is 3. The number of carbonyl (C=O) groups excluding carboxylic acids is 3. The quantitative estimate of drug-likeness (QED) is 0.215. The number of thioether (sulfide) groups is 1. The topological polar surface area (TPSA) is 75.7 Å². The van der Waals surface area contributed by atoms with Crippen LogP contribution < -0.4 is 10.1 Å². The van der Waals surface area contributed by atoms with Crippen molar-refractivity contribution >= 4 is 85.8 Å². The molecular weight excluding hydrogens is 702 g/mol. The van der Waals surface area contributed by atoms with Crippen LogP contribution in [0.15, 0.2) is 65.6 Å². The molecule has 1 fully saturated rings. The van der Waals surface area contributed by atoms with Crippen LogP contribution in [-0.2, 0) is 16.2 Å². The van der Waals surface area contributed by atoms with Gasteiger partial charge in [0.1, 0.15) is 18.9 Å². The summed E-state index contributed by atoms with van der Waals surface area (Å²) in [5.41, 5.74) is 4.37. The molecule has 0 spiro atoms. The van der Waals surface area contributed by atoms with Crippen molar-refractivity contribution in [2.75, 3.05) is 11.9 Å². The first-order valence-corrected chi connectivity index (χ1v) is 14.0. The van der Waals surface area contributed by atoms with Crippen LogP contribution in [0.5, 0.6) is 5.75 Å². The Morgan fingerprint density at radius 3 is 2.53 bits per heavy atom. The molecule has 3 aromatic rings. The standard InChI is InChI=1S/C27H22I2N2O4S/c1-16-8-9-22(17(2)10-16)30-24(32)14-31-26(33)23(36-27(31)34)12-19-11-20(28)13-21(29)25(19)35-15-18-6-4-3-5-7-18/h3-13H,14-15H2,1-2H3,(H,30,32)/b23-12+. The van der Waals surface area contributed by atoms with Gasteiger partial charge in [-0.3, -0.25) is 19.3 Å². The number of anilines is 1. The molecule has 0 aliphatic carbocycles. The van der Waals surface area contributed by atoms with Gasteiger partial charge in [-0.1, -0.05) is 48.0 Å². The second-order valence-corrected chi connectivity index (χ2v) is 11.6. The van der Waals surface area contributed by atoms with Crippen LogP contribution in [0.25, 0.3) is 6.08 Å². The van der Waals surface area contributed by atoms with Crippen molar-refractivity contribution < 1.29 is 19.1 Å². The number of ether oxygens (including phenoxy) is 1. The second-order valence-electron chi connectivity index (χ2n) is 8.21. The van der Waals surface area contributed by atoms with Crippen molar-refractivity contribution in [1.82, 2.24) is 4.90 Å². The number of hydrogen-bond donors (Lipinski definition) is 1. The molecule has 0 atom stereocenters. The molecule has 3 amide bonds. The van der Waals surface area contributed by atoms with E-state index < -0.39 is 17.1 Å². The third kappa shape index (κ3) is 6.48. The fourth-order valence-electron chi connectivity index (χ4n) is 3.63. The highest BCUT2D eigenvalue weighted by molar-refractivity contribution is 14.1. The Morgan fingerprint density at radius 1 is 1.06 bits per heavy atom. The molecule has 1 heterocycles. The minimum Gasteiger partial charge on any atom is -0.487 e. The van der Waals surface area contributed by atoms with Gasteiger partial charge in [0.15, 0.2) is 0 Å². The maximum atomic E-state index is 13.1.